The Morgan fingerprint density at radius 3 is 2.89 bits per heavy atom. The second-order valence-corrected chi connectivity index (χ2v) is 4.64. The van der Waals surface area contributed by atoms with E-state index < -0.39 is 0 Å². The molecule has 1 aromatic rings. The lowest BCUT2D eigenvalue weighted by Crippen LogP contribution is -2.23. The van der Waals surface area contributed by atoms with Crippen molar-refractivity contribution in [3.05, 3.63) is 28.5 Å². The summed E-state index contributed by atoms with van der Waals surface area (Å²) in [5, 5.41) is 3.21. The van der Waals surface area contributed by atoms with Crippen LogP contribution in [0.4, 0.5) is 4.39 Å². The average Bonchev–Trinajstić information content (AvgIpc) is 2.36. The molecular weight excluding hydrogens is 301 g/mol. The number of halogens is 2. The van der Waals surface area contributed by atoms with E-state index in [-0.39, 0.29) is 11.6 Å². The van der Waals surface area contributed by atoms with Crippen LogP contribution >= 0.6 is 15.9 Å². The molecule has 0 aliphatic carbocycles. The van der Waals surface area contributed by atoms with Crippen molar-refractivity contribution in [2.45, 2.75) is 13.3 Å². The van der Waals surface area contributed by atoms with Crippen LogP contribution in [0.15, 0.2) is 22.7 Å². The zero-order chi connectivity index (χ0) is 13.2. The quantitative estimate of drug-likeness (QED) is 0.710. The van der Waals surface area contributed by atoms with Crippen LogP contribution in [0.2, 0.25) is 0 Å². The molecule has 0 heterocycles. The van der Waals surface area contributed by atoms with Crippen molar-refractivity contribution in [1.82, 2.24) is 5.32 Å². The minimum atomic E-state index is -0.338. The molecule has 0 fully saturated rings. The summed E-state index contributed by atoms with van der Waals surface area (Å²) >= 11 is 3.28. The Morgan fingerprint density at radius 1 is 1.28 bits per heavy atom. The predicted octanol–water partition coefficient (Wildman–Crippen LogP) is 2.98. The summed E-state index contributed by atoms with van der Waals surface area (Å²) in [6.07, 6.45) is 0.971. The van der Waals surface area contributed by atoms with Crippen molar-refractivity contribution in [3.8, 4) is 5.75 Å². The first-order valence-corrected chi connectivity index (χ1v) is 6.89. The third-order valence-electron chi connectivity index (χ3n) is 2.28. The zero-order valence-corrected chi connectivity index (χ0v) is 12.1. The highest BCUT2D eigenvalue weighted by molar-refractivity contribution is 9.10. The van der Waals surface area contributed by atoms with E-state index in [2.05, 4.69) is 21.2 Å². The topological polar surface area (TPSA) is 30.5 Å². The molecule has 0 spiro atoms. The fraction of sp³-hybridized carbons (Fsp3) is 0.538. The lowest BCUT2D eigenvalue weighted by molar-refractivity contribution is 0.144. The molecule has 1 rings (SSSR count). The summed E-state index contributed by atoms with van der Waals surface area (Å²) < 4.78 is 24.7. The molecule has 18 heavy (non-hydrogen) atoms. The van der Waals surface area contributed by atoms with Crippen molar-refractivity contribution in [2.24, 2.45) is 0 Å². The molecule has 0 radical (unpaired) electrons. The molecule has 1 N–H and O–H groups in total. The van der Waals surface area contributed by atoms with Gasteiger partial charge in [-0.05, 0) is 38.1 Å². The van der Waals surface area contributed by atoms with E-state index in [1.165, 1.54) is 6.07 Å². The highest BCUT2D eigenvalue weighted by Crippen LogP contribution is 2.21. The van der Waals surface area contributed by atoms with E-state index in [9.17, 15) is 4.39 Å². The highest BCUT2D eigenvalue weighted by atomic mass is 79.9. The van der Waals surface area contributed by atoms with Crippen LogP contribution in [0.25, 0.3) is 0 Å². The molecule has 0 amide bonds. The van der Waals surface area contributed by atoms with Gasteiger partial charge in [0.05, 0.1) is 0 Å². The van der Waals surface area contributed by atoms with E-state index in [1.807, 2.05) is 6.92 Å². The van der Waals surface area contributed by atoms with E-state index in [4.69, 9.17) is 9.47 Å². The van der Waals surface area contributed by atoms with Gasteiger partial charge in [0.1, 0.15) is 6.61 Å². The van der Waals surface area contributed by atoms with Gasteiger partial charge in [-0.15, -0.1) is 0 Å². The first-order chi connectivity index (χ1) is 8.74. The van der Waals surface area contributed by atoms with Crippen molar-refractivity contribution >= 4 is 15.9 Å². The SMILES string of the molecule is CCOCCCNCCOc1cc(Br)ccc1F. The molecule has 3 nitrogen and oxygen atoms in total. The van der Waals surface area contributed by atoms with Gasteiger partial charge in [0.25, 0.3) is 0 Å². The minimum Gasteiger partial charge on any atom is -0.489 e. The van der Waals surface area contributed by atoms with Crippen molar-refractivity contribution in [3.63, 3.8) is 0 Å². The van der Waals surface area contributed by atoms with Crippen LogP contribution < -0.4 is 10.1 Å². The lowest BCUT2D eigenvalue weighted by Gasteiger charge is -2.08. The third-order valence-corrected chi connectivity index (χ3v) is 2.77. The van der Waals surface area contributed by atoms with E-state index in [0.717, 1.165) is 30.7 Å². The number of hydrogen-bond acceptors (Lipinski definition) is 3. The molecule has 0 saturated heterocycles. The van der Waals surface area contributed by atoms with Gasteiger partial charge >= 0.3 is 0 Å². The number of nitrogens with one attached hydrogen (secondary N) is 1. The van der Waals surface area contributed by atoms with Gasteiger partial charge in [-0.25, -0.2) is 4.39 Å². The number of benzene rings is 1. The van der Waals surface area contributed by atoms with Gasteiger partial charge in [0, 0.05) is 24.2 Å². The Bertz CT molecular complexity index is 350. The van der Waals surface area contributed by atoms with Crippen LogP contribution in [0.3, 0.4) is 0 Å². The molecule has 0 aromatic heterocycles. The fourth-order valence-electron chi connectivity index (χ4n) is 1.39. The molecule has 0 unspecified atom stereocenters. The summed E-state index contributed by atoms with van der Waals surface area (Å²) in [7, 11) is 0. The van der Waals surface area contributed by atoms with Gasteiger partial charge in [0.2, 0.25) is 0 Å². The maximum absolute atomic E-state index is 13.3. The predicted molar refractivity (Wildman–Crippen MR) is 73.6 cm³/mol. The van der Waals surface area contributed by atoms with Crippen LogP contribution in [-0.4, -0.2) is 32.9 Å². The summed E-state index contributed by atoms with van der Waals surface area (Å²) in [6.45, 7) is 5.52. The van der Waals surface area contributed by atoms with Crippen LogP contribution in [-0.2, 0) is 4.74 Å². The summed E-state index contributed by atoms with van der Waals surface area (Å²) in [5.41, 5.74) is 0. The Hall–Kier alpha value is -0.650. The second-order valence-electron chi connectivity index (χ2n) is 3.72. The number of ether oxygens (including phenoxy) is 2. The maximum atomic E-state index is 13.3. The fourth-order valence-corrected chi connectivity index (χ4v) is 1.73. The molecular formula is C13H19BrFNO2. The minimum absolute atomic E-state index is 0.278. The number of rotatable bonds is 9. The summed E-state index contributed by atoms with van der Waals surface area (Å²) in [4.78, 5) is 0. The summed E-state index contributed by atoms with van der Waals surface area (Å²) in [6, 6.07) is 4.66. The van der Waals surface area contributed by atoms with Gasteiger partial charge in [-0.2, -0.15) is 0 Å². The molecule has 5 heteroatoms. The first-order valence-electron chi connectivity index (χ1n) is 6.10. The lowest BCUT2D eigenvalue weighted by atomic mass is 10.3. The molecule has 0 atom stereocenters. The average molecular weight is 320 g/mol. The van der Waals surface area contributed by atoms with Crippen molar-refractivity contribution in [2.75, 3.05) is 32.9 Å². The molecule has 0 saturated carbocycles. The van der Waals surface area contributed by atoms with Crippen LogP contribution in [0.1, 0.15) is 13.3 Å². The molecule has 0 aliphatic rings. The Morgan fingerprint density at radius 2 is 2.11 bits per heavy atom. The summed E-state index contributed by atoms with van der Waals surface area (Å²) in [5.74, 6) is -0.0602. The Balaban J connectivity index is 2.09. The Kier molecular flexibility index (Phi) is 7.96. The molecule has 0 bridgehead atoms. The van der Waals surface area contributed by atoms with E-state index >= 15 is 0 Å². The molecule has 102 valence electrons. The standard InChI is InChI=1S/C13H19BrFNO2/c1-2-17-8-3-6-16-7-9-18-13-10-11(14)4-5-12(13)15/h4-5,10,16H,2-3,6-9H2,1H3. The van der Waals surface area contributed by atoms with Gasteiger partial charge in [0.15, 0.2) is 11.6 Å². The second kappa shape index (κ2) is 9.30. The van der Waals surface area contributed by atoms with Gasteiger partial charge in [-0.3, -0.25) is 0 Å². The van der Waals surface area contributed by atoms with Gasteiger partial charge in [-0.1, -0.05) is 15.9 Å². The monoisotopic (exact) mass is 319 g/mol. The van der Waals surface area contributed by atoms with Crippen molar-refractivity contribution in [1.29, 1.82) is 0 Å². The third kappa shape index (κ3) is 6.33. The first kappa shape index (κ1) is 15.4. The smallest absolute Gasteiger partial charge is 0.165 e. The van der Waals surface area contributed by atoms with Crippen LogP contribution in [0.5, 0.6) is 5.75 Å². The molecule has 0 aliphatic heterocycles. The number of hydrogen-bond donors (Lipinski definition) is 1. The zero-order valence-electron chi connectivity index (χ0n) is 10.5. The van der Waals surface area contributed by atoms with E-state index in [1.54, 1.807) is 12.1 Å². The van der Waals surface area contributed by atoms with Crippen molar-refractivity contribution < 1.29 is 13.9 Å². The molecule has 1 aromatic carbocycles. The van der Waals surface area contributed by atoms with Crippen LogP contribution in [0, 0.1) is 5.82 Å². The van der Waals surface area contributed by atoms with E-state index in [0.29, 0.717) is 13.2 Å². The maximum Gasteiger partial charge on any atom is 0.165 e. The van der Waals surface area contributed by atoms with Gasteiger partial charge < -0.3 is 14.8 Å². The highest BCUT2D eigenvalue weighted by Gasteiger charge is 2.03. The largest absolute Gasteiger partial charge is 0.489 e. The Labute approximate surface area is 116 Å². The normalized spacial score (nSPS) is 10.6.